The molecule has 2 atom stereocenters. The summed E-state index contributed by atoms with van der Waals surface area (Å²) in [5, 5.41) is 0. The van der Waals surface area contributed by atoms with E-state index in [2.05, 4.69) is 19.3 Å². The normalized spacial score (nSPS) is 15.1. The second kappa shape index (κ2) is 5.08. The standard InChI is InChI=1S/C11H17FN2/c1-3-8(2)11(14-13)9-6-4-5-7-10(9)12/h4-8,11,14H,3,13H2,1-2H3. The van der Waals surface area contributed by atoms with Gasteiger partial charge in [-0.15, -0.1) is 0 Å². The van der Waals surface area contributed by atoms with Crippen LogP contribution in [0.3, 0.4) is 0 Å². The first kappa shape index (κ1) is 11.1. The van der Waals surface area contributed by atoms with Gasteiger partial charge in [-0.05, 0) is 12.0 Å². The zero-order chi connectivity index (χ0) is 10.6. The summed E-state index contributed by atoms with van der Waals surface area (Å²) in [6, 6.07) is 6.63. The molecule has 14 heavy (non-hydrogen) atoms. The van der Waals surface area contributed by atoms with E-state index in [1.54, 1.807) is 12.1 Å². The van der Waals surface area contributed by atoms with Crippen molar-refractivity contribution in [1.29, 1.82) is 0 Å². The van der Waals surface area contributed by atoms with E-state index in [0.29, 0.717) is 11.5 Å². The van der Waals surface area contributed by atoms with Crippen LogP contribution in [0.15, 0.2) is 24.3 Å². The molecule has 0 aliphatic rings. The second-order valence-corrected chi connectivity index (χ2v) is 3.55. The number of hydrogen-bond donors (Lipinski definition) is 2. The third-order valence-electron chi connectivity index (χ3n) is 2.63. The first-order valence-electron chi connectivity index (χ1n) is 4.91. The van der Waals surface area contributed by atoms with E-state index in [9.17, 15) is 4.39 Å². The third-order valence-corrected chi connectivity index (χ3v) is 2.63. The third kappa shape index (κ3) is 2.30. The molecule has 2 unspecified atom stereocenters. The predicted molar refractivity (Wildman–Crippen MR) is 55.9 cm³/mol. The molecule has 3 N–H and O–H groups in total. The van der Waals surface area contributed by atoms with E-state index >= 15 is 0 Å². The van der Waals surface area contributed by atoms with Crippen LogP contribution >= 0.6 is 0 Å². The average molecular weight is 196 g/mol. The van der Waals surface area contributed by atoms with Crippen LogP contribution in [0.2, 0.25) is 0 Å². The topological polar surface area (TPSA) is 38.0 Å². The second-order valence-electron chi connectivity index (χ2n) is 3.55. The number of hydrogen-bond acceptors (Lipinski definition) is 2. The molecule has 0 aromatic heterocycles. The van der Waals surface area contributed by atoms with Crippen molar-refractivity contribution in [3.05, 3.63) is 35.6 Å². The predicted octanol–water partition coefficient (Wildman–Crippen LogP) is 2.38. The summed E-state index contributed by atoms with van der Waals surface area (Å²) < 4.78 is 13.4. The van der Waals surface area contributed by atoms with E-state index in [4.69, 9.17) is 5.84 Å². The maximum atomic E-state index is 13.4. The summed E-state index contributed by atoms with van der Waals surface area (Å²) in [4.78, 5) is 0. The fraction of sp³-hybridized carbons (Fsp3) is 0.455. The van der Waals surface area contributed by atoms with E-state index in [-0.39, 0.29) is 11.9 Å². The highest BCUT2D eigenvalue weighted by Crippen LogP contribution is 2.25. The number of hydrazine groups is 1. The molecule has 3 heteroatoms. The molecule has 1 rings (SSSR count). The fourth-order valence-electron chi connectivity index (χ4n) is 1.52. The molecule has 1 aromatic carbocycles. The van der Waals surface area contributed by atoms with Crippen molar-refractivity contribution in [1.82, 2.24) is 5.43 Å². The SMILES string of the molecule is CCC(C)C(NN)c1ccccc1F. The van der Waals surface area contributed by atoms with Gasteiger partial charge in [-0.1, -0.05) is 38.5 Å². The monoisotopic (exact) mass is 196 g/mol. The Morgan fingerprint density at radius 1 is 1.43 bits per heavy atom. The molecule has 0 heterocycles. The van der Waals surface area contributed by atoms with Crippen molar-refractivity contribution < 1.29 is 4.39 Å². The van der Waals surface area contributed by atoms with Crippen LogP contribution < -0.4 is 11.3 Å². The van der Waals surface area contributed by atoms with Crippen molar-refractivity contribution >= 4 is 0 Å². The summed E-state index contributed by atoms with van der Waals surface area (Å²) in [5.74, 6) is 5.55. The molecule has 0 aliphatic carbocycles. The molecule has 0 fully saturated rings. The van der Waals surface area contributed by atoms with Crippen LogP contribution in [0.1, 0.15) is 31.9 Å². The number of halogens is 1. The zero-order valence-electron chi connectivity index (χ0n) is 8.63. The van der Waals surface area contributed by atoms with Crippen LogP contribution in [0.25, 0.3) is 0 Å². The minimum Gasteiger partial charge on any atom is -0.271 e. The van der Waals surface area contributed by atoms with Crippen LogP contribution in [-0.2, 0) is 0 Å². The lowest BCUT2D eigenvalue weighted by Gasteiger charge is -2.22. The number of nitrogens with two attached hydrogens (primary N) is 1. The maximum absolute atomic E-state index is 13.4. The van der Waals surface area contributed by atoms with Gasteiger partial charge in [0.1, 0.15) is 5.82 Å². The van der Waals surface area contributed by atoms with E-state index in [1.807, 2.05) is 6.07 Å². The van der Waals surface area contributed by atoms with Crippen molar-refractivity contribution in [3.8, 4) is 0 Å². The van der Waals surface area contributed by atoms with Crippen molar-refractivity contribution in [2.24, 2.45) is 11.8 Å². The minimum atomic E-state index is -0.198. The molecule has 0 saturated heterocycles. The Kier molecular flexibility index (Phi) is 4.04. The van der Waals surface area contributed by atoms with Crippen LogP contribution in [0, 0.1) is 11.7 Å². The van der Waals surface area contributed by atoms with Gasteiger partial charge in [-0.25, -0.2) is 4.39 Å². The molecule has 2 nitrogen and oxygen atoms in total. The lowest BCUT2D eigenvalue weighted by Crippen LogP contribution is -2.33. The van der Waals surface area contributed by atoms with Gasteiger partial charge < -0.3 is 0 Å². The van der Waals surface area contributed by atoms with Crippen molar-refractivity contribution in [3.63, 3.8) is 0 Å². The Hall–Kier alpha value is -0.930. The highest BCUT2D eigenvalue weighted by molar-refractivity contribution is 5.21. The Morgan fingerprint density at radius 3 is 2.57 bits per heavy atom. The van der Waals surface area contributed by atoms with Gasteiger partial charge in [0.05, 0.1) is 6.04 Å². The molecule has 0 aliphatic heterocycles. The number of benzene rings is 1. The molecule has 0 bridgehead atoms. The van der Waals surface area contributed by atoms with Crippen molar-refractivity contribution in [2.45, 2.75) is 26.3 Å². The molecule has 0 saturated carbocycles. The first-order chi connectivity index (χ1) is 6.70. The lowest BCUT2D eigenvalue weighted by atomic mass is 9.93. The molecular formula is C11H17FN2. The molecule has 0 radical (unpaired) electrons. The van der Waals surface area contributed by atoms with Crippen LogP contribution in [0.5, 0.6) is 0 Å². The average Bonchev–Trinajstić information content (AvgIpc) is 2.21. The van der Waals surface area contributed by atoms with Gasteiger partial charge in [0.2, 0.25) is 0 Å². The summed E-state index contributed by atoms with van der Waals surface area (Å²) in [6.45, 7) is 4.12. The fourth-order valence-corrected chi connectivity index (χ4v) is 1.52. The Labute approximate surface area is 84.3 Å². The lowest BCUT2D eigenvalue weighted by molar-refractivity contribution is 0.371. The van der Waals surface area contributed by atoms with E-state index in [0.717, 1.165) is 6.42 Å². The van der Waals surface area contributed by atoms with E-state index in [1.165, 1.54) is 6.07 Å². The number of rotatable bonds is 4. The Bertz CT molecular complexity index is 288. The van der Waals surface area contributed by atoms with E-state index < -0.39 is 0 Å². The van der Waals surface area contributed by atoms with Crippen molar-refractivity contribution in [2.75, 3.05) is 0 Å². The highest BCUT2D eigenvalue weighted by Gasteiger charge is 2.18. The quantitative estimate of drug-likeness (QED) is 0.573. The van der Waals surface area contributed by atoms with Gasteiger partial charge in [0.25, 0.3) is 0 Å². The van der Waals surface area contributed by atoms with Gasteiger partial charge in [-0.2, -0.15) is 0 Å². The summed E-state index contributed by atoms with van der Waals surface area (Å²) >= 11 is 0. The Balaban J connectivity index is 2.94. The molecule has 0 spiro atoms. The largest absolute Gasteiger partial charge is 0.271 e. The minimum absolute atomic E-state index is 0.110. The molecule has 78 valence electrons. The molecule has 1 aromatic rings. The van der Waals surface area contributed by atoms with Gasteiger partial charge >= 0.3 is 0 Å². The van der Waals surface area contributed by atoms with Crippen LogP contribution in [0.4, 0.5) is 4.39 Å². The highest BCUT2D eigenvalue weighted by atomic mass is 19.1. The smallest absolute Gasteiger partial charge is 0.128 e. The Morgan fingerprint density at radius 2 is 2.07 bits per heavy atom. The van der Waals surface area contributed by atoms with Gasteiger partial charge in [0, 0.05) is 5.56 Å². The summed E-state index contributed by atoms with van der Waals surface area (Å²) in [6.07, 6.45) is 0.962. The van der Waals surface area contributed by atoms with Gasteiger partial charge in [-0.3, -0.25) is 11.3 Å². The summed E-state index contributed by atoms with van der Waals surface area (Å²) in [7, 11) is 0. The van der Waals surface area contributed by atoms with Gasteiger partial charge in [0.15, 0.2) is 0 Å². The first-order valence-corrected chi connectivity index (χ1v) is 4.91. The molecule has 0 amide bonds. The number of nitrogens with one attached hydrogen (secondary N) is 1. The van der Waals surface area contributed by atoms with Crippen LogP contribution in [-0.4, -0.2) is 0 Å². The zero-order valence-corrected chi connectivity index (χ0v) is 8.63. The molecular weight excluding hydrogens is 179 g/mol. The maximum Gasteiger partial charge on any atom is 0.128 e. The summed E-state index contributed by atoms with van der Waals surface area (Å²) in [5.41, 5.74) is 3.31.